The van der Waals surface area contributed by atoms with E-state index in [1.54, 1.807) is 35.9 Å². The molecule has 2 aromatic rings. The summed E-state index contributed by atoms with van der Waals surface area (Å²) < 4.78 is 1.56. The summed E-state index contributed by atoms with van der Waals surface area (Å²) >= 11 is 1.50. The predicted molar refractivity (Wildman–Crippen MR) is 77.3 cm³/mol. The van der Waals surface area contributed by atoms with E-state index < -0.39 is 0 Å². The van der Waals surface area contributed by atoms with Gasteiger partial charge in [-0.25, -0.2) is 0 Å². The lowest BCUT2D eigenvalue weighted by Gasteiger charge is -2.16. The maximum absolute atomic E-state index is 12.2. The van der Waals surface area contributed by atoms with Crippen LogP contribution < -0.4 is 0 Å². The quantitative estimate of drug-likeness (QED) is 0.861. The normalized spacial score (nSPS) is 9.95. The van der Waals surface area contributed by atoms with Crippen LogP contribution in [0.1, 0.15) is 20.9 Å². The molecule has 0 saturated carbocycles. The van der Waals surface area contributed by atoms with Crippen molar-refractivity contribution in [2.75, 3.05) is 13.7 Å². The van der Waals surface area contributed by atoms with Crippen LogP contribution in [0.3, 0.4) is 0 Å². The fourth-order valence-corrected chi connectivity index (χ4v) is 2.55. The van der Waals surface area contributed by atoms with Crippen LogP contribution in [0.5, 0.6) is 0 Å². The Balaban J connectivity index is 2.04. The Kier molecular flexibility index (Phi) is 4.56. The minimum Gasteiger partial charge on any atom is -0.384 e. The molecule has 0 atom stereocenters. The Bertz CT molecular complexity index is 663. The summed E-state index contributed by atoms with van der Waals surface area (Å²) in [6.07, 6.45) is 1.61. The summed E-state index contributed by atoms with van der Waals surface area (Å²) in [5.41, 5.74) is 1.58. The van der Waals surface area contributed by atoms with Gasteiger partial charge < -0.3 is 10.0 Å². The fourth-order valence-electron chi connectivity index (χ4n) is 1.78. The van der Waals surface area contributed by atoms with Crippen molar-refractivity contribution in [2.45, 2.75) is 6.54 Å². The molecule has 0 spiro atoms. The third-order valence-corrected chi connectivity index (χ3v) is 3.65. The number of aromatic nitrogens is 2. The molecule has 2 aromatic heterocycles. The Hall–Kier alpha value is -2.10. The third kappa shape index (κ3) is 3.26. The highest BCUT2D eigenvalue weighted by atomic mass is 32.1. The van der Waals surface area contributed by atoms with Gasteiger partial charge in [-0.3, -0.25) is 9.48 Å². The van der Waals surface area contributed by atoms with Gasteiger partial charge in [0, 0.05) is 26.8 Å². The molecule has 0 aromatic carbocycles. The standard InChI is InChI=1S/C14H15N3O2S/c1-16(14(19)13-5-6-15-17(13)2)9-11-8-12(20-10-11)4-3-7-18/h5-6,8,10,18H,7,9H2,1-2H3. The molecule has 6 heteroatoms. The van der Waals surface area contributed by atoms with Gasteiger partial charge in [0.1, 0.15) is 12.3 Å². The minimum atomic E-state index is -0.147. The summed E-state index contributed by atoms with van der Waals surface area (Å²) in [5, 5.41) is 14.6. The van der Waals surface area contributed by atoms with Crippen molar-refractivity contribution in [3.05, 3.63) is 39.8 Å². The molecular weight excluding hydrogens is 274 g/mol. The lowest BCUT2D eigenvalue weighted by molar-refractivity contribution is 0.0774. The number of carbonyl (C=O) groups excluding carboxylic acids is 1. The highest BCUT2D eigenvalue weighted by Gasteiger charge is 2.15. The Morgan fingerprint density at radius 3 is 3.05 bits per heavy atom. The van der Waals surface area contributed by atoms with Gasteiger partial charge in [-0.05, 0) is 23.1 Å². The summed E-state index contributed by atoms with van der Waals surface area (Å²) in [7, 11) is 3.50. The van der Waals surface area contributed by atoms with E-state index in [-0.39, 0.29) is 12.5 Å². The molecule has 0 unspecified atom stereocenters. The lowest BCUT2D eigenvalue weighted by Crippen LogP contribution is -2.27. The van der Waals surface area contributed by atoms with Crippen LogP contribution in [0.4, 0.5) is 0 Å². The van der Waals surface area contributed by atoms with Crippen LogP contribution in [0.25, 0.3) is 0 Å². The van der Waals surface area contributed by atoms with Crippen molar-refractivity contribution in [1.82, 2.24) is 14.7 Å². The zero-order chi connectivity index (χ0) is 14.5. The van der Waals surface area contributed by atoms with Gasteiger partial charge in [0.05, 0.1) is 4.88 Å². The van der Waals surface area contributed by atoms with Crippen LogP contribution in [-0.2, 0) is 13.6 Å². The Labute approximate surface area is 121 Å². The molecule has 104 valence electrons. The molecule has 0 aliphatic rings. The molecule has 0 fully saturated rings. The Morgan fingerprint density at radius 1 is 1.60 bits per heavy atom. The van der Waals surface area contributed by atoms with Crippen molar-refractivity contribution in [3.8, 4) is 11.8 Å². The minimum absolute atomic E-state index is 0.0702. The number of nitrogens with zero attached hydrogens (tertiary/aromatic N) is 3. The molecule has 0 aliphatic heterocycles. The van der Waals surface area contributed by atoms with Gasteiger partial charge in [0.2, 0.25) is 0 Å². The highest BCUT2D eigenvalue weighted by molar-refractivity contribution is 7.10. The van der Waals surface area contributed by atoms with Gasteiger partial charge in [-0.15, -0.1) is 11.3 Å². The molecule has 0 saturated heterocycles. The fraction of sp³-hybridized carbons (Fsp3) is 0.286. The van der Waals surface area contributed by atoms with Crippen molar-refractivity contribution >= 4 is 17.2 Å². The average molecular weight is 289 g/mol. The van der Waals surface area contributed by atoms with Gasteiger partial charge in [0.25, 0.3) is 5.91 Å². The first kappa shape index (κ1) is 14.3. The third-order valence-electron chi connectivity index (χ3n) is 2.75. The van der Waals surface area contributed by atoms with E-state index in [0.717, 1.165) is 10.4 Å². The van der Waals surface area contributed by atoms with Gasteiger partial charge in [-0.2, -0.15) is 5.10 Å². The van der Waals surface area contributed by atoms with E-state index >= 15 is 0 Å². The zero-order valence-corrected chi connectivity index (χ0v) is 12.1. The number of aliphatic hydroxyl groups excluding tert-OH is 1. The SMILES string of the molecule is CN(Cc1csc(C#CCO)c1)C(=O)c1ccnn1C. The predicted octanol–water partition coefficient (Wildman–Crippen LogP) is 1.10. The first-order valence-electron chi connectivity index (χ1n) is 6.02. The summed E-state index contributed by atoms with van der Waals surface area (Å²) in [6, 6.07) is 3.63. The Morgan fingerprint density at radius 2 is 2.40 bits per heavy atom. The second kappa shape index (κ2) is 6.37. The van der Waals surface area contributed by atoms with Crippen molar-refractivity contribution < 1.29 is 9.90 Å². The zero-order valence-electron chi connectivity index (χ0n) is 11.3. The molecule has 1 amide bonds. The largest absolute Gasteiger partial charge is 0.384 e. The van der Waals surface area contributed by atoms with Crippen molar-refractivity contribution in [2.24, 2.45) is 7.05 Å². The molecular formula is C14H15N3O2S. The summed E-state index contributed by atoms with van der Waals surface area (Å²) in [6.45, 7) is 0.368. The molecule has 20 heavy (non-hydrogen) atoms. The smallest absolute Gasteiger partial charge is 0.272 e. The lowest BCUT2D eigenvalue weighted by atomic mass is 10.2. The number of hydrogen-bond acceptors (Lipinski definition) is 4. The van der Waals surface area contributed by atoms with E-state index in [9.17, 15) is 4.79 Å². The molecule has 0 bridgehead atoms. The number of thiophene rings is 1. The molecule has 2 rings (SSSR count). The van der Waals surface area contributed by atoms with Gasteiger partial charge in [0.15, 0.2) is 0 Å². The summed E-state index contributed by atoms with van der Waals surface area (Å²) in [4.78, 5) is 14.7. The number of hydrogen-bond donors (Lipinski definition) is 1. The molecule has 0 radical (unpaired) electrons. The number of aryl methyl sites for hydroxylation is 1. The monoisotopic (exact) mass is 289 g/mol. The first-order valence-corrected chi connectivity index (χ1v) is 6.90. The van der Waals surface area contributed by atoms with E-state index in [4.69, 9.17) is 5.11 Å². The maximum Gasteiger partial charge on any atom is 0.272 e. The van der Waals surface area contributed by atoms with Crippen LogP contribution in [0.15, 0.2) is 23.7 Å². The van der Waals surface area contributed by atoms with Crippen molar-refractivity contribution in [1.29, 1.82) is 0 Å². The molecule has 0 aliphatic carbocycles. The van der Waals surface area contributed by atoms with E-state index in [1.807, 2.05) is 11.4 Å². The van der Waals surface area contributed by atoms with Crippen molar-refractivity contribution in [3.63, 3.8) is 0 Å². The maximum atomic E-state index is 12.2. The second-order valence-corrected chi connectivity index (χ2v) is 5.19. The first-order chi connectivity index (χ1) is 9.61. The van der Waals surface area contributed by atoms with Crippen LogP contribution in [0.2, 0.25) is 0 Å². The second-order valence-electron chi connectivity index (χ2n) is 4.28. The highest BCUT2D eigenvalue weighted by Crippen LogP contribution is 2.16. The van der Waals surface area contributed by atoms with E-state index in [1.165, 1.54) is 11.3 Å². The number of carbonyl (C=O) groups is 1. The van der Waals surface area contributed by atoms with Gasteiger partial charge in [-0.1, -0.05) is 11.8 Å². The van der Waals surface area contributed by atoms with E-state index in [2.05, 4.69) is 16.9 Å². The average Bonchev–Trinajstić information content (AvgIpc) is 3.04. The molecule has 1 N–H and O–H groups in total. The number of aliphatic hydroxyl groups is 1. The number of rotatable bonds is 3. The molecule has 2 heterocycles. The molecule has 5 nitrogen and oxygen atoms in total. The van der Waals surface area contributed by atoms with Gasteiger partial charge >= 0.3 is 0 Å². The van der Waals surface area contributed by atoms with Crippen LogP contribution >= 0.6 is 11.3 Å². The summed E-state index contributed by atoms with van der Waals surface area (Å²) in [5.74, 6) is 5.39. The van der Waals surface area contributed by atoms with Crippen LogP contribution in [-0.4, -0.2) is 39.3 Å². The van der Waals surface area contributed by atoms with E-state index in [0.29, 0.717) is 12.2 Å². The van der Waals surface area contributed by atoms with Crippen LogP contribution in [0, 0.1) is 11.8 Å². The number of amides is 1. The topological polar surface area (TPSA) is 58.4 Å².